The summed E-state index contributed by atoms with van der Waals surface area (Å²) in [5.41, 5.74) is 3.94. The Morgan fingerprint density at radius 3 is 2.23 bits per heavy atom. The average molecular weight is 606 g/mol. The number of amides is 2. The molecule has 3 aromatic carbocycles. The van der Waals surface area contributed by atoms with Gasteiger partial charge in [0.15, 0.2) is 23.0 Å². The second-order valence-electron chi connectivity index (χ2n) is 10.2. The van der Waals surface area contributed by atoms with Gasteiger partial charge in [-0.2, -0.15) is 0 Å². The summed E-state index contributed by atoms with van der Waals surface area (Å²) in [6.07, 6.45) is 1.73. The van der Waals surface area contributed by atoms with Gasteiger partial charge in [-0.1, -0.05) is 12.1 Å². The molecule has 0 fully saturated rings. The highest BCUT2D eigenvalue weighted by molar-refractivity contribution is 5.84. The Hall–Kier alpha value is -4.93. The van der Waals surface area contributed by atoms with E-state index in [2.05, 4.69) is 16.0 Å². The lowest BCUT2D eigenvalue weighted by atomic mass is 9.95. The van der Waals surface area contributed by atoms with Crippen LogP contribution < -0.4 is 45.1 Å². The fourth-order valence-corrected chi connectivity index (χ4v) is 5.47. The zero-order chi connectivity index (χ0) is 31.8. The number of hydrogen-bond acceptors (Lipinski definition) is 9. The molecule has 0 aliphatic heterocycles. The molecule has 2 amide bonds. The number of nitrogens with one attached hydrogen (secondary N) is 3. The van der Waals surface area contributed by atoms with E-state index in [0.29, 0.717) is 65.7 Å². The fraction of sp³-hybridized carbons (Fsp3) is 0.364. The van der Waals surface area contributed by atoms with Gasteiger partial charge in [0.25, 0.3) is 0 Å². The van der Waals surface area contributed by atoms with Crippen molar-refractivity contribution in [1.82, 2.24) is 10.6 Å². The van der Waals surface area contributed by atoms with Crippen LogP contribution in [-0.4, -0.2) is 60.5 Å². The summed E-state index contributed by atoms with van der Waals surface area (Å²) in [5, 5.41) is 8.84. The normalized spacial score (nSPS) is 13.4. The van der Waals surface area contributed by atoms with E-state index in [-0.39, 0.29) is 29.5 Å². The second kappa shape index (κ2) is 14.5. The molecule has 1 aliphatic carbocycles. The summed E-state index contributed by atoms with van der Waals surface area (Å²) < 4.78 is 27.6. The molecule has 234 valence electrons. The lowest BCUT2D eigenvalue weighted by molar-refractivity contribution is -0.120. The molecular formula is C33H39N3O8. The molecular weight excluding hydrogens is 566 g/mol. The Kier molecular flexibility index (Phi) is 10.5. The van der Waals surface area contributed by atoms with Crippen LogP contribution in [0.3, 0.4) is 0 Å². The standard InChI is InChI=1S/C33H39N3O8/c1-19(37)36-24-10-8-21-16-29(42-4)32(43-5)33(44-6)31(21)22-9-11-25(26(38)17-23(22)24)35-18-30(39)34-14-13-20-7-12-27(40-2)28(15-20)41-3/h7,9,11-12,15-17,24H,8,10,13-14,18H2,1-6H3,(H,34,39)(H,35,38)(H,36,37)/t24-/m1/s1. The number of carbonyl (C=O) groups excluding carboxylic acids is 2. The van der Waals surface area contributed by atoms with Gasteiger partial charge >= 0.3 is 0 Å². The summed E-state index contributed by atoms with van der Waals surface area (Å²) >= 11 is 0. The van der Waals surface area contributed by atoms with E-state index in [4.69, 9.17) is 23.7 Å². The van der Waals surface area contributed by atoms with Gasteiger partial charge in [0.05, 0.1) is 53.8 Å². The Balaban J connectivity index is 1.59. The first kappa shape index (κ1) is 32.0. The molecule has 0 unspecified atom stereocenters. The molecule has 0 bridgehead atoms. The van der Waals surface area contributed by atoms with Crippen molar-refractivity contribution in [2.24, 2.45) is 0 Å². The van der Waals surface area contributed by atoms with Gasteiger partial charge in [0, 0.05) is 19.0 Å². The number of benzene rings is 2. The predicted octanol–water partition coefficient (Wildman–Crippen LogP) is 3.65. The zero-order valence-corrected chi connectivity index (χ0v) is 25.9. The first-order valence-corrected chi connectivity index (χ1v) is 14.2. The molecule has 0 radical (unpaired) electrons. The highest BCUT2D eigenvalue weighted by Gasteiger charge is 2.29. The van der Waals surface area contributed by atoms with E-state index in [9.17, 15) is 14.4 Å². The SMILES string of the molecule is COc1ccc(CCNC(=O)CNc2ccc3c(cc2=O)[C@H](NC(C)=O)CCc2cc(OC)c(OC)c(OC)c2-3)cc1OC. The first-order valence-electron chi connectivity index (χ1n) is 14.2. The molecule has 0 spiro atoms. The van der Waals surface area contributed by atoms with E-state index in [1.165, 1.54) is 20.1 Å². The monoisotopic (exact) mass is 605 g/mol. The van der Waals surface area contributed by atoms with Crippen molar-refractivity contribution in [3.63, 3.8) is 0 Å². The number of methoxy groups -OCH3 is 5. The van der Waals surface area contributed by atoms with E-state index < -0.39 is 6.04 Å². The molecule has 0 heterocycles. The van der Waals surface area contributed by atoms with Crippen molar-refractivity contribution >= 4 is 17.5 Å². The third kappa shape index (κ3) is 6.99. The van der Waals surface area contributed by atoms with Crippen molar-refractivity contribution in [3.8, 4) is 39.9 Å². The van der Waals surface area contributed by atoms with Crippen LogP contribution in [0.2, 0.25) is 0 Å². The zero-order valence-electron chi connectivity index (χ0n) is 25.9. The van der Waals surface area contributed by atoms with Crippen molar-refractivity contribution in [1.29, 1.82) is 0 Å². The summed E-state index contributed by atoms with van der Waals surface area (Å²) in [6, 6.07) is 12.0. The topological polar surface area (TPSA) is 133 Å². The molecule has 4 rings (SSSR count). The summed E-state index contributed by atoms with van der Waals surface area (Å²) in [6.45, 7) is 1.75. The highest BCUT2D eigenvalue weighted by atomic mass is 16.5. The Bertz CT molecular complexity index is 1590. The number of carbonyl (C=O) groups is 2. The van der Waals surface area contributed by atoms with Crippen LogP contribution >= 0.6 is 0 Å². The lowest BCUT2D eigenvalue weighted by Gasteiger charge is -2.19. The summed E-state index contributed by atoms with van der Waals surface area (Å²) in [5.74, 6) is 2.19. The van der Waals surface area contributed by atoms with Crippen LogP contribution in [0.25, 0.3) is 11.1 Å². The van der Waals surface area contributed by atoms with Crippen LogP contribution in [-0.2, 0) is 22.4 Å². The van der Waals surface area contributed by atoms with Crippen molar-refractivity contribution in [3.05, 3.63) is 69.4 Å². The van der Waals surface area contributed by atoms with E-state index in [0.717, 1.165) is 16.7 Å². The maximum absolute atomic E-state index is 13.4. The van der Waals surface area contributed by atoms with E-state index in [1.807, 2.05) is 24.3 Å². The molecule has 44 heavy (non-hydrogen) atoms. The largest absolute Gasteiger partial charge is 0.493 e. The maximum Gasteiger partial charge on any atom is 0.239 e. The smallest absolute Gasteiger partial charge is 0.239 e. The number of rotatable bonds is 12. The Morgan fingerprint density at radius 1 is 0.841 bits per heavy atom. The first-order chi connectivity index (χ1) is 21.2. The summed E-state index contributed by atoms with van der Waals surface area (Å²) in [7, 11) is 7.79. The Labute approximate surface area is 256 Å². The number of ether oxygens (including phenoxy) is 5. The van der Waals surface area contributed by atoms with Crippen LogP contribution in [0.5, 0.6) is 28.7 Å². The minimum atomic E-state index is -0.426. The number of aryl methyl sites for hydroxylation is 1. The van der Waals surface area contributed by atoms with Crippen LogP contribution in [0, 0.1) is 0 Å². The number of hydrogen-bond donors (Lipinski definition) is 3. The maximum atomic E-state index is 13.4. The predicted molar refractivity (Wildman–Crippen MR) is 167 cm³/mol. The molecule has 11 heteroatoms. The molecule has 3 N–H and O–H groups in total. The van der Waals surface area contributed by atoms with E-state index in [1.54, 1.807) is 40.6 Å². The third-order valence-electron chi connectivity index (χ3n) is 7.54. The molecule has 11 nitrogen and oxygen atoms in total. The van der Waals surface area contributed by atoms with Crippen molar-refractivity contribution in [2.45, 2.75) is 32.2 Å². The molecule has 3 aromatic rings. The molecule has 0 saturated heterocycles. The van der Waals surface area contributed by atoms with Crippen LogP contribution in [0.15, 0.2) is 47.3 Å². The summed E-state index contributed by atoms with van der Waals surface area (Å²) in [4.78, 5) is 38.3. The molecule has 0 saturated carbocycles. The lowest BCUT2D eigenvalue weighted by Crippen LogP contribution is -2.32. The number of anilines is 1. The van der Waals surface area contributed by atoms with Gasteiger partial charge in [-0.05, 0) is 71.8 Å². The molecule has 1 atom stereocenters. The number of fused-ring (bicyclic) bond motifs is 3. The van der Waals surface area contributed by atoms with Crippen LogP contribution in [0.4, 0.5) is 5.69 Å². The van der Waals surface area contributed by atoms with Crippen molar-refractivity contribution < 1.29 is 33.3 Å². The second-order valence-corrected chi connectivity index (χ2v) is 10.2. The van der Waals surface area contributed by atoms with E-state index >= 15 is 0 Å². The average Bonchev–Trinajstić information content (AvgIpc) is 3.26. The quantitative estimate of drug-likeness (QED) is 0.283. The Morgan fingerprint density at radius 2 is 1.57 bits per heavy atom. The van der Waals surface area contributed by atoms with Crippen molar-refractivity contribution in [2.75, 3.05) is 54.0 Å². The highest BCUT2D eigenvalue weighted by Crippen LogP contribution is 2.50. The minimum Gasteiger partial charge on any atom is -0.493 e. The molecule has 1 aliphatic rings. The fourth-order valence-electron chi connectivity index (χ4n) is 5.47. The van der Waals surface area contributed by atoms with Gasteiger partial charge in [-0.3, -0.25) is 14.4 Å². The van der Waals surface area contributed by atoms with Gasteiger partial charge in [-0.15, -0.1) is 0 Å². The van der Waals surface area contributed by atoms with Gasteiger partial charge < -0.3 is 39.6 Å². The molecule has 0 aromatic heterocycles. The third-order valence-corrected chi connectivity index (χ3v) is 7.54. The van der Waals surface area contributed by atoms with Gasteiger partial charge in [-0.25, -0.2) is 0 Å². The van der Waals surface area contributed by atoms with Gasteiger partial charge in [0.2, 0.25) is 23.0 Å². The van der Waals surface area contributed by atoms with Gasteiger partial charge in [0.1, 0.15) is 0 Å². The van der Waals surface area contributed by atoms with Crippen LogP contribution in [0.1, 0.15) is 36.1 Å². The minimum absolute atomic E-state index is 0.101.